The fraction of sp³-hybridized carbons (Fsp3) is 0.231. The number of furan rings is 1. The average Bonchev–Trinajstić information content (AvgIpc) is 2.90. The quantitative estimate of drug-likeness (QED) is 0.853. The molecule has 0 aliphatic heterocycles. The van der Waals surface area contributed by atoms with Crippen LogP contribution >= 0.6 is 11.6 Å². The molecule has 20 heavy (non-hydrogen) atoms. The molecule has 5 nitrogen and oxygen atoms in total. The smallest absolute Gasteiger partial charge is 0.273 e. The van der Waals surface area contributed by atoms with Crippen LogP contribution in [-0.4, -0.2) is 15.0 Å². The molecule has 0 fully saturated rings. The van der Waals surface area contributed by atoms with Crippen LogP contribution in [0.5, 0.6) is 0 Å². The first-order chi connectivity index (χ1) is 9.51. The van der Waals surface area contributed by atoms with E-state index in [1.807, 2.05) is 12.1 Å². The monoisotopic (exact) mass is 314 g/mol. The highest BCUT2D eigenvalue weighted by Gasteiger charge is 2.17. The molecular weight excluding hydrogens is 300 g/mol. The molecule has 0 aliphatic carbocycles. The molecule has 1 aromatic heterocycles. The Morgan fingerprint density at radius 1 is 1.15 bits per heavy atom. The van der Waals surface area contributed by atoms with Crippen LogP contribution in [0.2, 0.25) is 5.02 Å². The van der Waals surface area contributed by atoms with Gasteiger partial charge in [0.25, 0.3) is 10.0 Å². The second kappa shape index (κ2) is 6.41. The molecule has 0 unspecified atom stereocenters. The third-order valence-corrected chi connectivity index (χ3v) is 4.31. The van der Waals surface area contributed by atoms with Crippen molar-refractivity contribution in [1.82, 2.24) is 4.72 Å². The zero-order valence-electron chi connectivity index (χ0n) is 10.7. The summed E-state index contributed by atoms with van der Waals surface area (Å²) in [6.07, 6.45) is 0.570. The number of halogens is 1. The van der Waals surface area contributed by atoms with Gasteiger partial charge in [-0.05, 0) is 36.2 Å². The standard InChI is InChI=1S/C13H15ClN2O3S/c14-11-3-1-10(2-4-11)7-8-16-20(17,18)13-6-5-12(9-15)19-13/h1-6,16H,7-9,15H2. The van der Waals surface area contributed by atoms with Gasteiger partial charge >= 0.3 is 0 Å². The zero-order chi connectivity index (χ0) is 14.6. The number of rotatable bonds is 6. The molecule has 0 spiro atoms. The summed E-state index contributed by atoms with van der Waals surface area (Å²) < 4.78 is 31.5. The normalized spacial score (nSPS) is 11.7. The highest BCUT2D eigenvalue weighted by atomic mass is 35.5. The Kier molecular flexibility index (Phi) is 4.82. The van der Waals surface area contributed by atoms with Crippen molar-refractivity contribution < 1.29 is 12.8 Å². The van der Waals surface area contributed by atoms with Gasteiger partial charge in [-0.1, -0.05) is 23.7 Å². The predicted molar refractivity (Wildman–Crippen MR) is 76.9 cm³/mol. The molecule has 2 rings (SSSR count). The van der Waals surface area contributed by atoms with Crippen LogP contribution in [0.4, 0.5) is 0 Å². The molecule has 0 saturated heterocycles. The van der Waals surface area contributed by atoms with E-state index in [4.69, 9.17) is 21.8 Å². The third kappa shape index (κ3) is 3.83. The van der Waals surface area contributed by atoms with Crippen LogP contribution in [0.15, 0.2) is 45.9 Å². The van der Waals surface area contributed by atoms with Crippen molar-refractivity contribution >= 4 is 21.6 Å². The van der Waals surface area contributed by atoms with Crippen molar-refractivity contribution in [3.05, 3.63) is 52.7 Å². The number of nitrogens with two attached hydrogens (primary N) is 1. The second-order valence-corrected chi connectivity index (χ2v) is 6.33. The lowest BCUT2D eigenvalue weighted by atomic mass is 10.2. The minimum Gasteiger partial charge on any atom is -0.447 e. The molecule has 7 heteroatoms. The summed E-state index contributed by atoms with van der Waals surface area (Å²) in [5.74, 6) is 0.433. The van der Waals surface area contributed by atoms with E-state index < -0.39 is 10.0 Å². The summed E-state index contributed by atoms with van der Waals surface area (Å²) in [5.41, 5.74) is 6.37. The van der Waals surface area contributed by atoms with E-state index in [1.165, 1.54) is 6.07 Å². The van der Waals surface area contributed by atoms with Gasteiger partial charge in [0.1, 0.15) is 5.76 Å². The lowest BCUT2D eigenvalue weighted by molar-refractivity contribution is 0.413. The number of nitrogens with one attached hydrogen (secondary N) is 1. The number of benzene rings is 1. The largest absolute Gasteiger partial charge is 0.447 e. The van der Waals surface area contributed by atoms with Gasteiger partial charge in [-0.25, -0.2) is 13.1 Å². The Morgan fingerprint density at radius 3 is 2.45 bits per heavy atom. The van der Waals surface area contributed by atoms with Crippen molar-refractivity contribution in [2.24, 2.45) is 5.73 Å². The molecule has 0 bridgehead atoms. The van der Waals surface area contributed by atoms with Crippen LogP contribution in [0.3, 0.4) is 0 Å². The summed E-state index contributed by atoms with van der Waals surface area (Å²) in [4.78, 5) is 0. The lowest BCUT2D eigenvalue weighted by Crippen LogP contribution is -2.25. The third-order valence-electron chi connectivity index (χ3n) is 2.72. The van der Waals surface area contributed by atoms with E-state index in [2.05, 4.69) is 4.72 Å². The average molecular weight is 315 g/mol. The Bertz CT molecular complexity index is 665. The maximum atomic E-state index is 11.9. The minimum atomic E-state index is -3.63. The van der Waals surface area contributed by atoms with Crippen molar-refractivity contribution in [1.29, 1.82) is 0 Å². The van der Waals surface area contributed by atoms with E-state index in [1.54, 1.807) is 18.2 Å². The Balaban J connectivity index is 1.94. The Morgan fingerprint density at radius 2 is 1.85 bits per heavy atom. The van der Waals surface area contributed by atoms with Crippen LogP contribution < -0.4 is 10.5 Å². The molecule has 0 atom stereocenters. The van der Waals surface area contributed by atoms with Gasteiger partial charge in [0.05, 0.1) is 6.54 Å². The molecule has 1 aromatic carbocycles. The summed E-state index contributed by atoms with van der Waals surface area (Å²) in [6, 6.07) is 10.2. The molecule has 0 saturated carbocycles. The summed E-state index contributed by atoms with van der Waals surface area (Å²) in [7, 11) is -3.63. The van der Waals surface area contributed by atoms with Gasteiger partial charge in [0, 0.05) is 11.6 Å². The molecule has 0 aliphatic rings. The molecule has 1 heterocycles. The Hall–Kier alpha value is -1.34. The molecule has 108 valence electrons. The van der Waals surface area contributed by atoms with Gasteiger partial charge in [0.2, 0.25) is 5.09 Å². The van der Waals surface area contributed by atoms with Gasteiger partial charge < -0.3 is 10.2 Å². The topological polar surface area (TPSA) is 85.3 Å². The van der Waals surface area contributed by atoms with Crippen molar-refractivity contribution in [3.63, 3.8) is 0 Å². The first kappa shape index (κ1) is 15.1. The van der Waals surface area contributed by atoms with Gasteiger partial charge in [-0.3, -0.25) is 0 Å². The highest BCUT2D eigenvalue weighted by Crippen LogP contribution is 2.13. The SMILES string of the molecule is NCc1ccc(S(=O)(=O)NCCc2ccc(Cl)cc2)o1. The maximum Gasteiger partial charge on any atom is 0.273 e. The molecular formula is C13H15ClN2O3S. The molecule has 2 aromatic rings. The number of sulfonamides is 1. The molecule has 0 radical (unpaired) electrons. The van der Waals surface area contributed by atoms with E-state index in [-0.39, 0.29) is 18.2 Å². The number of hydrogen-bond acceptors (Lipinski definition) is 4. The van der Waals surface area contributed by atoms with Crippen LogP contribution in [0, 0.1) is 0 Å². The van der Waals surface area contributed by atoms with Crippen LogP contribution in [0.25, 0.3) is 0 Å². The van der Waals surface area contributed by atoms with E-state index in [0.717, 1.165) is 5.56 Å². The lowest BCUT2D eigenvalue weighted by Gasteiger charge is -2.04. The molecule has 3 N–H and O–H groups in total. The van der Waals surface area contributed by atoms with Gasteiger partial charge in [-0.15, -0.1) is 0 Å². The van der Waals surface area contributed by atoms with E-state index >= 15 is 0 Å². The van der Waals surface area contributed by atoms with Gasteiger partial charge in [0.15, 0.2) is 0 Å². The maximum absolute atomic E-state index is 11.9. The van der Waals surface area contributed by atoms with Crippen molar-refractivity contribution in [2.75, 3.05) is 6.54 Å². The summed E-state index contributed by atoms with van der Waals surface area (Å²) in [6.45, 7) is 0.447. The fourth-order valence-electron chi connectivity index (χ4n) is 1.66. The van der Waals surface area contributed by atoms with E-state index in [0.29, 0.717) is 17.2 Å². The minimum absolute atomic E-state index is 0.117. The summed E-state index contributed by atoms with van der Waals surface area (Å²) in [5, 5.41) is 0.535. The second-order valence-electron chi connectivity index (χ2n) is 4.20. The van der Waals surface area contributed by atoms with Crippen LogP contribution in [0.1, 0.15) is 11.3 Å². The summed E-state index contributed by atoms with van der Waals surface area (Å²) >= 11 is 5.78. The number of hydrogen-bond donors (Lipinski definition) is 2. The van der Waals surface area contributed by atoms with E-state index in [9.17, 15) is 8.42 Å². The van der Waals surface area contributed by atoms with Crippen LogP contribution in [-0.2, 0) is 23.0 Å². The first-order valence-corrected chi connectivity index (χ1v) is 7.90. The zero-order valence-corrected chi connectivity index (χ0v) is 12.2. The highest BCUT2D eigenvalue weighted by molar-refractivity contribution is 7.89. The first-order valence-electron chi connectivity index (χ1n) is 6.04. The fourth-order valence-corrected chi connectivity index (χ4v) is 2.77. The van der Waals surface area contributed by atoms with Crippen molar-refractivity contribution in [2.45, 2.75) is 18.1 Å². The van der Waals surface area contributed by atoms with Gasteiger partial charge in [-0.2, -0.15) is 0 Å². The predicted octanol–water partition coefficient (Wildman–Crippen LogP) is 1.91. The van der Waals surface area contributed by atoms with Crippen molar-refractivity contribution in [3.8, 4) is 0 Å². The Labute approximate surface area is 122 Å². The molecule has 0 amide bonds.